The smallest absolute Gasteiger partial charge is 0.309 e. The van der Waals surface area contributed by atoms with Crippen molar-refractivity contribution in [3.05, 3.63) is 321 Å². The van der Waals surface area contributed by atoms with Crippen LogP contribution in [0.3, 0.4) is 0 Å². The maximum atomic E-state index is 15.3. The van der Waals surface area contributed by atoms with E-state index < -0.39 is 11.7 Å². The van der Waals surface area contributed by atoms with Crippen LogP contribution in [0.5, 0.6) is 0 Å². The topological polar surface area (TPSA) is 4.93 Å². The summed E-state index contributed by atoms with van der Waals surface area (Å²) >= 11 is 0. The molecule has 0 spiro atoms. The van der Waals surface area contributed by atoms with Crippen LogP contribution in [-0.2, 0) is 6.18 Å². The third-order valence-corrected chi connectivity index (χ3v) is 16.0. The predicted octanol–water partition coefficient (Wildman–Crippen LogP) is 22.5. The van der Waals surface area contributed by atoms with Crippen molar-refractivity contribution < 1.29 is 13.2 Å². The molecule has 0 unspecified atom stereocenters. The fourth-order valence-electron chi connectivity index (χ4n) is 12.2. The van der Waals surface area contributed by atoms with Crippen LogP contribution in [0.1, 0.15) is 5.56 Å². The largest absolute Gasteiger partial charge is 0.418 e. The molecule has 394 valence electrons. The van der Waals surface area contributed by atoms with E-state index >= 15 is 13.2 Å². The lowest BCUT2D eigenvalue weighted by atomic mass is 9.87. The van der Waals surface area contributed by atoms with E-state index in [9.17, 15) is 0 Å². The van der Waals surface area contributed by atoms with Gasteiger partial charge in [-0.25, -0.2) is 0 Å². The number of hydrogen-bond acceptors (Lipinski definition) is 0. The van der Waals surface area contributed by atoms with Gasteiger partial charge in [0.15, 0.2) is 0 Å². The summed E-state index contributed by atoms with van der Waals surface area (Å²) in [6.07, 6.45) is -4.61. The van der Waals surface area contributed by atoms with Crippen molar-refractivity contribution in [2.45, 2.75) is 6.18 Å². The molecule has 0 aliphatic carbocycles. The van der Waals surface area contributed by atoms with Crippen LogP contribution >= 0.6 is 0 Å². The fraction of sp³-hybridized carbons (Fsp3) is 0.0127. The summed E-state index contributed by atoms with van der Waals surface area (Å²) < 4.78 is 47.6. The molecule has 0 amide bonds. The van der Waals surface area contributed by atoms with E-state index in [4.69, 9.17) is 0 Å². The van der Waals surface area contributed by atoms with Crippen molar-refractivity contribution in [2.75, 3.05) is 0 Å². The molecule has 4 heteroatoms. The minimum atomic E-state index is -4.61. The lowest BCUT2D eigenvalue weighted by Gasteiger charge is -2.17. The third kappa shape index (κ3) is 9.70. The Labute approximate surface area is 481 Å². The highest BCUT2D eigenvalue weighted by Crippen LogP contribution is 2.46. The Hall–Kier alpha value is -10.6. The zero-order chi connectivity index (χ0) is 55.9. The van der Waals surface area contributed by atoms with Gasteiger partial charge in [-0.2, -0.15) is 13.2 Å². The van der Waals surface area contributed by atoms with Gasteiger partial charge >= 0.3 is 6.18 Å². The molecule has 0 radical (unpaired) electrons. The number of aromatic nitrogens is 1. The normalized spacial score (nSPS) is 11.6. The van der Waals surface area contributed by atoms with Crippen molar-refractivity contribution in [3.63, 3.8) is 0 Å². The van der Waals surface area contributed by atoms with Gasteiger partial charge in [0.2, 0.25) is 0 Å². The molecule has 14 aromatic rings. The van der Waals surface area contributed by atoms with Gasteiger partial charge in [0, 0.05) is 10.8 Å². The first kappa shape index (κ1) is 50.7. The van der Waals surface area contributed by atoms with E-state index in [1.807, 2.05) is 36.4 Å². The van der Waals surface area contributed by atoms with E-state index in [1.165, 1.54) is 12.1 Å². The minimum Gasteiger partial charge on any atom is -0.309 e. The highest BCUT2D eigenvalue weighted by atomic mass is 19.4. The third-order valence-electron chi connectivity index (χ3n) is 16.0. The van der Waals surface area contributed by atoms with Gasteiger partial charge in [0.05, 0.1) is 22.3 Å². The molecule has 1 heterocycles. The molecule has 1 nitrogen and oxygen atoms in total. The molecule has 0 atom stereocenters. The first-order valence-electron chi connectivity index (χ1n) is 28.0. The van der Waals surface area contributed by atoms with Crippen LogP contribution in [0, 0.1) is 0 Å². The number of para-hydroxylation sites is 1. The Kier molecular flexibility index (Phi) is 13.1. The van der Waals surface area contributed by atoms with Gasteiger partial charge in [-0.15, -0.1) is 0 Å². The predicted molar refractivity (Wildman–Crippen MR) is 340 cm³/mol. The number of nitrogens with zero attached hydrogens (tertiary/aromatic N) is 1. The van der Waals surface area contributed by atoms with Crippen molar-refractivity contribution in [2.24, 2.45) is 0 Å². The Morgan fingerprint density at radius 3 is 0.759 bits per heavy atom. The lowest BCUT2D eigenvalue weighted by molar-refractivity contribution is -0.137. The van der Waals surface area contributed by atoms with E-state index in [-0.39, 0.29) is 5.69 Å². The second-order valence-corrected chi connectivity index (χ2v) is 21.1. The number of hydrogen-bond donors (Lipinski definition) is 0. The first-order valence-corrected chi connectivity index (χ1v) is 28.0. The Morgan fingerprint density at radius 2 is 0.458 bits per heavy atom. The minimum absolute atomic E-state index is 0.0687. The molecule has 0 aliphatic rings. The molecule has 83 heavy (non-hydrogen) atoms. The van der Waals surface area contributed by atoms with Crippen LogP contribution < -0.4 is 0 Å². The second kappa shape index (κ2) is 21.5. The maximum Gasteiger partial charge on any atom is 0.418 e. The Bertz CT molecular complexity index is 4220. The molecule has 1 aromatic heterocycles. The van der Waals surface area contributed by atoms with E-state index in [0.717, 1.165) is 122 Å². The van der Waals surface area contributed by atoms with Crippen LogP contribution in [0.15, 0.2) is 315 Å². The number of fused-ring (bicyclic) bond motifs is 3. The van der Waals surface area contributed by atoms with E-state index in [1.54, 1.807) is 16.7 Å². The zero-order valence-electron chi connectivity index (χ0n) is 45.1. The SMILES string of the molecule is FC(F)(F)c1ccccc1-n1c2ccc(-c3cc(-c4ccccc4-c4ccccc4)cc(-c4ccccc4-c4ccccc4)c3)cc2c2cc(-c3cc(-c4ccccc4-c4ccccc4)cc(-c4ccccc4-c4ccccc4)c3)ccc21. The van der Waals surface area contributed by atoms with Crippen LogP contribution in [0.2, 0.25) is 0 Å². The summed E-state index contributed by atoms with van der Waals surface area (Å²) in [7, 11) is 0. The van der Waals surface area contributed by atoms with Crippen molar-refractivity contribution >= 4 is 21.8 Å². The van der Waals surface area contributed by atoms with Crippen molar-refractivity contribution in [1.29, 1.82) is 0 Å². The summed E-state index contributed by atoms with van der Waals surface area (Å²) in [5.74, 6) is 0. The molecular weight excluding hydrogens is 1020 g/mol. The summed E-state index contributed by atoms with van der Waals surface area (Å²) in [6.45, 7) is 0. The van der Waals surface area contributed by atoms with Crippen LogP contribution in [0.25, 0.3) is 139 Å². The molecule has 0 saturated heterocycles. The molecule has 13 aromatic carbocycles. The van der Waals surface area contributed by atoms with E-state index in [0.29, 0.717) is 11.0 Å². The zero-order valence-corrected chi connectivity index (χ0v) is 45.1. The first-order chi connectivity index (χ1) is 40.8. The molecule has 14 rings (SSSR count). The highest BCUT2D eigenvalue weighted by molar-refractivity contribution is 6.12. The fourth-order valence-corrected chi connectivity index (χ4v) is 12.2. The Morgan fingerprint density at radius 1 is 0.205 bits per heavy atom. The van der Waals surface area contributed by atoms with Crippen molar-refractivity contribution in [1.82, 2.24) is 4.57 Å². The van der Waals surface area contributed by atoms with Crippen LogP contribution in [0.4, 0.5) is 13.2 Å². The summed E-state index contributed by atoms with van der Waals surface area (Å²) in [6, 6.07) is 108. The van der Waals surface area contributed by atoms with Gasteiger partial charge in [0.25, 0.3) is 0 Å². The van der Waals surface area contributed by atoms with Crippen molar-refractivity contribution in [3.8, 4) is 117 Å². The molecule has 0 bridgehead atoms. The average Bonchev–Trinajstić information content (AvgIpc) is 2.51. The summed E-state index contributed by atoms with van der Waals surface area (Å²) in [5, 5.41) is 1.66. The quantitative estimate of drug-likeness (QED) is 0.122. The van der Waals surface area contributed by atoms with Gasteiger partial charge in [0.1, 0.15) is 0 Å². The highest BCUT2D eigenvalue weighted by Gasteiger charge is 2.34. The number of halogens is 3. The lowest BCUT2D eigenvalue weighted by Crippen LogP contribution is -2.10. The second-order valence-electron chi connectivity index (χ2n) is 21.1. The van der Waals surface area contributed by atoms with Crippen LogP contribution in [-0.4, -0.2) is 4.57 Å². The van der Waals surface area contributed by atoms with Gasteiger partial charge in [-0.05, 0) is 184 Å². The monoisotopic (exact) mass is 1070 g/mol. The molecule has 0 fully saturated rings. The number of benzene rings is 13. The average molecular weight is 1070 g/mol. The number of alkyl halides is 3. The Balaban J connectivity index is 1.02. The van der Waals surface area contributed by atoms with Gasteiger partial charge in [-0.3, -0.25) is 0 Å². The standard InChI is InChI=1S/C79H52F3N/c80-79(81,82)75-39-21-22-40-78(75)83-76-43-41-57(59-45-61(69-35-17-13-31-65(69)53-23-5-1-6-24-53)49-62(46-59)70-36-18-14-32-66(70)54-25-7-2-8-26-54)51-73(76)74-52-58(42-44-77(74)83)60-47-63(71-37-19-15-33-67(71)55-27-9-3-10-28-55)50-64(48-60)72-38-20-16-34-68(72)56-29-11-4-12-30-56/h1-52H. The number of rotatable bonds is 11. The van der Waals surface area contributed by atoms with Gasteiger partial charge < -0.3 is 4.57 Å². The molecule has 0 aliphatic heterocycles. The summed E-state index contributed by atoms with van der Waals surface area (Å²) in [5.41, 5.74) is 21.9. The van der Waals surface area contributed by atoms with E-state index in [2.05, 4.69) is 255 Å². The summed E-state index contributed by atoms with van der Waals surface area (Å²) in [4.78, 5) is 0. The molecule has 0 saturated carbocycles. The maximum absolute atomic E-state index is 15.3. The van der Waals surface area contributed by atoms with Gasteiger partial charge in [-0.1, -0.05) is 243 Å². The molecule has 0 N–H and O–H groups in total. The molecular formula is C79H52F3N.